The van der Waals surface area contributed by atoms with Gasteiger partial charge in [0.15, 0.2) is 0 Å². The van der Waals surface area contributed by atoms with Gasteiger partial charge in [-0.2, -0.15) is 0 Å². The van der Waals surface area contributed by atoms with Gasteiger partial charge in [0, 0.05) is 24.6 Å². The third-order valence-corrected chi connectivity index (χ3v) is 2.73. The van der Waals surface area contributed by atoms with E-state index in [0.717, 1.165) is 16.8 Å². The van der Waals surface area contributed by atoms with Crippen LogP contribution >= 0.6 is 12.2 Å². The highest BCUT2D eigenvalue weighted by Crippen LogP contribution is 2.12. The molecule has 18 heavy (non-hydrogen) atoms. The van der Waals surface area contributed by atoms with Gasteiger partial charge in [-0.25, -0.2) is 4.98 Å². The first-order valence-corrected chi connectivity index (χ1v) is 5.98. The molecule has 0 bridgehead atoms. The highest BCUT2D eigenvalue weighted by atomic mass is 32.1. The van der Waals surface area contributed by atoms with Crippen LogP contribution in [-0.4, -0.2) is 15.0 Å². The second-order valence-electron chi connectivity index (χ2n) is 3.93. The Hall–Kier alpha value is -2.01. The average molecular weight is 258 g/mol. The zero-order chi connectivity index (χ0) is 13.0. The Labute approximate surface area is 111 Å². The Kier molecular flexibility index (Phi) is 3.84. The molecule has 0 aromatic carbocycles. The largest absolute Gasteiger partial charge is 0.389 e. The molecule has 0 aliphatic heterocycles. The molecule has 0 aliphatic rings. The number of hydrogen-bond donors (Lipinski definition) is 2. The zero-order valence-corrected chi connectivity index (χ0v) is 10.9. The number of hydrogen-bond acceptors (Lipinski definition) is 4. The molecule has 3 N–H and O–H groups in total. The molecule has 2 aromatic heterocycles. The number of nitrogens with zero attached hydrogens (tertiary/aromatic N) is 2. The van der Waals surface area contributed by atoms with E-state index in [-0.39, 0.29) is 0 Å². The number of nitrogens with one attached hydrogen (secondary N) is 1. The lowest BCUT2D eigenvalue weighted by Crippen LogP contribution is -2.14. The van der Waals surface area contributed by atoms with E-state index in [9.17, 15) is 0 Å². The fourth-order valence-corrected chi connectivity index (χ4v) is 1.70. The molecule has 5 heteroatoms. The van der Waals surface area contributed by atoms with Crippen molar-refractivity contribution in [2.45, 2.75) is 13.5 Å². The van der Waals surface area contributed by atoms with Gasteiger partial charge in [-0.15, -0.1) is 0 Å². The summed E-state index contributed by atoms with van der Waals surface area (Å²) in [6.45, 7) is 2.60. The SMILES string of the molecule is Cc1ccc(CNc2ncccc2C(N)=S)cn1. The van der Waals surface area contributed by atoms with Gasteiger partial charge in [0.2, 0.25) is 0 Å². The normalized spacial score (nSPS) is 10.1. The van der Waals surface area contributed by atoms with Crippen LogP contribution in [0.15, 0.2) is 36.7 Å². The van der Waals surface area contributed by atoms with Crippen molar-refractivity contribution in [2.75, 3.05) is 5.32 Å². The number of pyridine rings is 2. The highest BCUT2D eigenvalue weighted by Gasteiger charge is 2.05. The van der Waals surface area contributed by atoms with Gasteiger partial charge in [-0.05, 0) is 30.7 Å². The summed E-state index contributed by atoms with van der Waals surface area (Å²) in [5.41, 5.74) is 8.48. The van der Waals surface area contributed by atoms with Crippen molar-refractivity contribution in [3.8, 4) is 0 Å². The maximum absolute atomic E-state index is 5.64. The summed E-state index contributed by atoms with van der Waals surface area (Å²) in [6.07, 6.45) is 3.54. The molecule has 0 amide bonds. The predicted molar refractivity (Wildman–Crippen MR) is 76.4 cm³/mol. The van der Waals surface area contributed by atoms with Crippen LogP contribution in [0.2, 0.25) is 0 Å². The van der Waals surface area contributed by atoms with Crippen LogP contribution in [0.5, 0.6) is 0 Å². The molecule has 92 valence electrons. The van der Waals surface area contributed by atoms with E-state index in [1.165, 1.54) is 0 Å². The fraction of sp³-hybridized carbons (Fsp3) is 0.154. The van der Waals surface area contributed by atoms with E-state index in [1.807, 2.05) is 37.4 Å². The number of anilines is 1. The van der Waals surface area contributed by atoms with Gasteiger partial charge in [0.25, 0.3) is 0 Å². The topological polar surface area (TPSA) is 63.8 Å². The quantitative estimate of drug-likeness (QED) is 0.822. The summed E-state index contributed by atoms with van der Waals surface area (Å²) in [7, 11) is 0. The van der Waals surface area contributed by atoms with Crippen molar-refractivity contribution in [3.05, 3.63) is 53.5 Å². The number of aryl methyl sites for hydroxylation is 1. The lowest BCUT2D eigenvalue weighted by molar-refractivity contribution is 1.07. The molecule has 0 atom stereocenters. The molecule has 0 aliphatic carbocycles. The Morgan fingerprint density at radius 3 is 2.83 bits per heavy atom. The standard InChI is InChI=1S/C13H14N4S/c1-9-4-5-10(7-16-9)8-17-13-11(12(14)18)3-2-6-15-13/h2-7H,8H2,1H3,(H2,14,18)(H,15,17). The van der Waals surface area contributed by atoms with E-state index in [1.54, 1.807) is 6.20 Å². The molecule has 2 rings (SSSR count). The smallest absolute Gasteiger partial charge is 0.136 e. The molecule has 2 aromatic rings. The minimum absolute atomic E-state index is 0.340. The molecule has 0 unspecified atom stereocenters. The number of rotatable bonds is 4. The second-order valence-corrected chi connectivity index (χ2v) is 4.37. The summed E-state index contributed by atoms with van der Waals surface area (Å²) in [4.78, 5) is 8.81. The van der Waals surface area contributed by atoms with Crippen molar-refractivity contribution in [1.82, 2.24) is 9.97 Å². The van der Waals surface area contributed by atoms with Crippen molar-refractivity contribution in [3.63, 3.8) is 0 Å². The summed E-state index contributed by atoms with van der Waals surface area (Å²) in [5.74, 6) is 0.700. The maximum atomic E-state index is 5.64. The molecule has 4 nitrogen and oxygen atoms in total. The molecule has 0 fully saturated rings. The van der Waals surface area contributed by atoms with Crippen LogP contribution in [0.25, 0.3) is 0 Å². The van der Waals surface area contributed by atoms with Crippen LogP contribution in [0, 0.1) is 6.92 Å². The lowest BCUT2D eigenvalue weighted by Gasteiger charge is -2.09. The van der Waals surface area contributed by atoms with Gasteiger partial charge in [0.05, 0.1) is 5.56 Å². The zero-order valence-electron chi connectivity index (χ0n) is 10.1. The Bertz CT molecular complexity index is 551. The molecular weight excluding hydrogens is 244 g/mol. The molecule has 0 saturated heterocycles. The second kappa shape index (κ2) is 5.55. The van der Waals surface area contributed by atoms with Gasteiger partial charge in [0.1, 0.15) is 10.8 Å². The van der Waals surface area contributed by atoms with Gasteiger partial charge in [-0.1, -0.05) is 18.3 Å². The fourth-order valence-electron chi connectivity index (χ4n) is 1.53. The van der Waals surface area contributed by atoms with Crippen LogP contribution in [0.4, 0.5) is 5.82 Å². The number of thiocarbonyl (C=S) groups is 1. The van der Waals surface area contributed by atoms with Crippen LogP contribution < -0.4 is 11.1 Å². The Balaban J connectivity index is 2.10. The first-order valence-electron chi connectivity index (χ1n) is 5.57. The monoisotopic (exact) mass is 258 g/mol. The maximum Gasteiger partial charge on any atom is 0.136 e. The van der Waals surface area contributed by atoms with E-state index >= 15 is 0 Å². The van der Waals surface area contributed by atoms with E-state index in [2.05, 4.69) is 15.3 Å². The first-order chi connectivity index (χ1) is 8.66. The number of aromatic nitrogens is 2. The van der Waals surface area contributed by atoms with E-state index in [4.69, 9.17) is 18.0 Å². The van der Waals surface area contributed by atoms with Crippen molar-refractivity contribution < 1.29 is 0 Å². The van der Waals surface area contributed by atoms with E-state index < -0.39 is 0 Å². The van der Waals surface area contributed by atoms with Gasteiger partial charge in [-0.3, -0.25) is 4.98 Å². The Morgan fingerprint density at radius 1 is 1.33 bits per heavy atom. The van der Waals surface area contributed by atoms with Crippen molar-refractivity contribution in [2.24, 2.45) is 5.73 Å². The third kappa shape index (κ3) is 3.01. The molecular formula is C13H14N4S. The summed E-state index contributed by atoms with van der Waals surface area (Å²) in [5, 5.41) is 3.21. The molecule has 0 radical (unpaired) electrons. The van der Waals surface area contributed by atoms with Crippen LogP contribution in [-0.2, 0) is 6.54 Å². The summed E-state index contributed by atoms with van der Waals surface area (Å²) >= 11 is 4.98. The molecule has 0 saturated carbocycles. The third-order valence-electron chi connectivity index (χ3n) is 2.51. The first kappa shape index (κ1) is 12.4. The Morgan fingerprint density at radius 2 is 2.17 bits per heavy atom. The van der Waals surface area contributed by atoms with Crippen LogP contribution in [0.3, 0.4) is 0 Å². The molecule has 0 spiro atoms. The van der Waals surface area contributed by atoms with Crippen LogP contribution in [0.1, 0.15) is 16.8 Å². The number of nitrogens with two attached hydrogens (primary N) is 1. The van der Waals surface area contributed by atoms with Gasteiger partial charge >= 0.3 is 0 Å². The highest BCUT2D eigenvalue weighted by molar-refractivity contribution is 7.80. The lowest BCUT2D eigenvalue weighted by atomic mass is 10.2. The average Bonchev–Trinajstić information content (AvgIpc) is 2.38. The minimum atomic E-state index is 0.340. The van der Waals surface area contributed by atoms with Gasteiger partial charge < -0.3 is 11.1 Å². The summed E-state index contributed by atoms with van der Waals surface area (Å²) in [6, 6.07) is 7.67. The molecule has 2 heterocycles. The van der Waals surface area contributed by atoms with Crippen molar-refractivity contribution in [1.29, 1.82) is 0 Å². The van der Waals surface area contributed by atoms with E-state index in [0.29, 0.717) is 17.4 Å². The minimum Gasteiger partial charge on any atom is -0.389 e. The predicted octanol–water partition coefficient (Wildman–Crippen LogP) is 2.03. The van der Waals surface area contributed by atoms with Crippen molar-refractivity contribution >= 4 is 23.0 Å². The summed E-state index contributed by atoms with van der Waals surface area (Å²) < 4.78 is 0.